The highest BCUT2D eigenvalue weighted by Crippen LogP contribution is 2.32. The van der Waals surface area contributed by atoms with E-state index in [1.807, 2.05) is 0 Å². The number of nitrogens with two attached hydrogens (primary N) is 1. The summed E-state index contributed by atoms with van der Waals surface area (Å²) >= 11 is 0. The molecular formula is C14H22N2. The average Bonchev–Trinajstić information content (AvgIpc) is 2.82. The van der Waals surface area contributed by atoms with Crippen LogP contribution in [0.25, 0.3) is 0 Å². The van der Waals surface area contributed by atoms with Gasteiger partial charge in [0.15, 0.2) is 0 Å². The van der Waals surface area contributed by atoms with Crippen LogP contribution in [0, 0.1) is 6.92 Å². The van der Waals surface area contributed by atoms with Crippen LogP contribution in [0.4, 0.5) is 0 Å². The van der Waals surface area contributed by atoms with Gasteiger partial charge in [-0.2, -0.15) is 0 Å². The van der Waals surface area contributed by atoms with Crippen molar-refractivity contribution in [2.75, 3.05) is 19.6 Å². The summed E-state index contributed by atoms with van der Waals surface area (Å²) in [4.78, 5) is 2.54. The van der Waals surface area contributed by atoms with Gasteiger partial charge in [0.25, 0.3) is 0 Å². The molecule has 0 radical (unpaired) electrons. The molecule has 2 rings (SSSR count). The van der Waals surface area contributed by atoms with E-state index in [9.17, 15) is 0 Å². The summed E-state index contributed by atoms with van der Waals surface area (Å²) in [5.74, 6) is 0. The number of aryl methyl sites for hydroxylation is 1. The van der Waals surface area contributed by atoms with E-state index in [0.717, 1.165) is 0 Å². The summed E-state index contributed by atoms with van der Waals surface area (Å²) in [5.41, 5.74) is 8.80. The lowest BCUT2D eigenvalue weighted by molar-refractivity contribution is 0.142. The molecule has 0 unspecified atom stereocenters. The van der Waals surface area contributed by atoms with E-state index in [4.69, 9.17) is 5.73 Å². The van der Waals surface area contributed by atoms with Gasteiger partial charge in [0.1, 0.15) is 0 Å². The largest absolute Gasteiger partial charge is 0.328 e. The zero-order valence-corrected chi connectivity index (χ0v) is 10.4. The predicted molar refractivity (Wildman–Crippen MR) is 68.4 cm³/mol. The molecule has 0 aromatic heterocycles. The summed E-state index contributed by atoms with van der Waals surface area (Å²) in [6, 6.07) is 8.62. The van der Waals surface area contributed by atoms with Crippen LogP contribution in [-0.2, 0) is 5.54 Å². The Morgan fingerprint density at radius 3 is 2.44 bits per heavy atom. The molecule has 2 nitrogen and oxygen atoms in total. The van der Waals surface area contributed by atoms with E-state index >= 15 is 0 Å². The normalized spacial score (nSPS) is 20.9. The Kier molecular flexibility index (Phi) is 3.31. The van der Waals surface area contributed by atoms with Crippen LogP contribution < -0.4 is 5.73 Å². The van der Waals surface area contributed by atoms with Gasteiger partial charge in [-0.15, -0.1) is 0 Å². The van der Waals surface area contributed by atoms with Crippen LogP contribution in [0.15, 0.2) is 24.3 Å². The standard InChI is InChI=1S/C14H22N2/c1-12-7-3-4-8-13(12)14(2,11-15)16-9-5-6-10-16/h3-4,7-8H,5-6,9-11,15H2,1-2H3/t14-/m1/s1. The first kappa shape index (κ1) is 11.6. The topological polar surface area (TPSA) is 29.3 Å². The van der Waals surface area contributed by atoms with Crippen molar-refractivity contribution in [3.63, 3.8) is 0 Å². The van der Waals surface area contributed by atoms with Crippen molar-refractivity contribution >= 4 is 0 Å². The molecule has 0 bridgehead atoms. The van der Waals surface area contributed by atoms with E-state index in [0.29, 0.717) is 6.54 Å². The van der Waals surface area contributed by atoms with Gasteiger partial charge in [-0.3, -0.25) is 4.90 Å². The van der Waals surface area contributed by atoms with Gasteiger partial charge in [-0.1, -0.05) is 24.3 Å². The second-order valence-corrected chi connectivity index (χ2v) is 4.99. The molecule has 1 aromatic rings. The zero-order chi connectivity index (χ0) is 11.6. The fourth-order valence-electron chi connectivity index (χ4n) is 2.80. The Bertz CT molecular complexity index is 356. The molecule has 1 fully saturated rings. The predicted octanol–water partition coefficient (Wildman–Crippen LogP) is 2.26. The number of hydrogen-bond acceptors (Lipinski definition) is 2. The van der Waals surface area contributed by atoms with Crippen LogP contribution in [-0.4, -0.2) is 24.5 Å². The molecule has 1 heterocycles. The molecule has 1 aliphatic heterocycles. The van der Waals surface area contributed by atoms with E-state index in [2.05, 4.69) is 43.0 Å². The van der Waals surface area contributed by atoms with E-state index in [1.54, 1.807) is 0 Å². The van der Waals surface area contributed by atoms with Gasteiger partial charge in [-0.05, 0) is 50.9 Å². The Labute approximate surface area is 98.4 Å². The molecule has 1 saturated heterocycles. The number of nitrogens with zero attached hydrogens (tertiary/aromatic N) is 1. The Morgan fingerprint density at radius 2 is 1.88 bits per heavy atom. The number of benzene rings is 1. The molecule has 0 spiro atoms. The third-order valence-corrected chi connectivity index (χ3v) is 3.93. The highest BCUT2D eigenvalue weighted by molar-refractivity contribution is 5.33. The highest BCUT2D eigenvalue weighted by atomic mass is 15.2. The molecule has 0 saturated carbocycles. The van der Waals surface area contributed by atoms with Gasteiger partial charge in [0.2, 0.25) is 0 Å². The van der Waals surface area contributed by atoms with Crippen LogP contribution in [0.5, 0.6) is 0 Å². The molecule has 1 aromatic carbocycles. The van der Waals surface area contributed by atoms with Crippen molar-refractivity contribution in [1.29, 1.82) is 0 Å². The SMILES string of the molecule is Cc1ccccc1[C@@](C)(CN)N1CCCC1. The van der Waals surface area contributed by atoms with Crippen LogP contribution in [0.1, 0.15) is 30.9 Å². The van der Waals surface area contributed by atoms with Crippen molar-refractivity contribution in [1.82, 2.24) is 4.90 Å². The van der Waals surface area contributed by atoms with Gasteiger partial charge >= 0.3 is 0 Å². The molecule has 1 atom stereocenters. The molecule has 2 N–H and O–H groups in total. The van der Waals surface area contributed by atoms with E-state index < -0.39 is 0 Å². The molecule has 16 heavy (non-hydrogen) atoms. The molecule has 0 aliphatic carbocycles. The Balaban J connectivity index is 2.37. The van der Waals surface area contributed by atoms with Crippen molar-refractivity contribution in [3.8, 4) is 0 Å². The molecule has 2 heteroatoms. The molecule has 1 aliphatic rings. The maximum Gasteiger partial charge on any atom is 0.0557 e. The van der Waals surface area contributed by atoms with Crippen molar-refractivity contribution in [2.45, 2.75) is 32.2 Å². The lowest BCUT2D eigenvalue weighted by Gasteiger charge is -2.39. The third kappa shape index (κ3) is 1.87. The minimum absolute atomic E-state index is 0.0157. The van der Waals surface area contributed by atoms with Gasteiger partial charge in [0, 0.05) is 6.54 Å². The first-order chi connectivity index (χ1) is 7.68. The molecular weight excluding hydrogens is 196 g/mol. The summed E-state index contributed by atoms with van der Waals surface area (Å²) in [7, 11) is 0. The maximum atomic E-state index is 6.05. The smallest absolute Gasteiger partial charge is 0.0557 e. The van der Waals surface area contributed by atoms with Crippen LogP contribution in [0.2, 0.25) is 0 Å². The van der Waals surface area contributed by atoms with Gasteiger partial charge in [-0.25, -0.2) is 0 Å². The van der Waals surface area contributed by atoms with Gasteiger partial charge in [0.05, 0.1) is 5.54 Å². The second kappa shape index (κ2) is 4.56. The molecule has 0 amide bonds. The second-order valence-electron chi connectivity index (χ2n) is 4.99. The minimum atomic E-state index is 0.0157. The van der Waals surface area contributed by atoms with Crippen LogP contribution in [0.3, 0.4) is 0 Å². The van der Waals surface area contributed by atoms with Gasteiger partial charge < -0.3 is 5.73 Å². The van der Waals surface area contributed by atoms with Crippen molar-refractivity contribution in [2.24, 2.45) is 5.73 Å². The fraction of sp³-hybridized carbons (Fsp3) is 0.571. The number of rotatable bonds is 3. The van der Waals surface area contributed by atoms with E-state index in [-0.39, 0.29) is 5.54 Å². The summed E-state index contributed by atoms with van der Waals surface area (Å²) in [5, 5.41) is 0. The lowest BCUT2D eigenvalue weighted by atomic mass is 9.87. The average molecular weight is 218 g/mol. The summed E-state index contributed by atoms with van der Waals surface area (Å²) in [6.07, 6.45) is 2.61. The van der Waals surface area contributed by atoms with E-state index in [1.165, 1.54) is 37.1 Å². The quantitative estimate of drug-likeness (QED) is 0.843. The number of likely N-dealkylation sites (tertiary alicyclic amines) is 1. The lowest BCUT2D eigenvalue weighted by Crippen LogP contribution is -2.48. The molecule has 88 valence electrons. The van der Waals surface area contributed by atoms with Crippen molar-refractivity contribution < 1.29 is 0 Å². The highest BCUT2D eigenvalue weighted by Gasteiger charge is 2.34. The Hall–Kier alpha value is -0.860. The minimum Gasteiger partial charge on any atom is -0.328 e. The number of hydrogen-bond donors (Lipinski definition) is 1. The summed E-state index contributed by atoms with van der Waals surface area (Å²) < 4.78 is 0. The van der Waals surface area contributed by atoms with Crippen LogP contribution >= 0.6 is 0 Å². The third-order valence-electron chi connectivity index (χ3n) is 3.93. The fourth-order valence-corrected chi connectivity index (χ4v) is 2.80. The first-order valence-electron chi connectivity index (χ1n) is 6.20. The van der Waals surface area contributed by atoms with Crippen molar-refractivity contribution in [3.05, 3.63) is 35.4 Å². The summed E-state index contributed by atoms with van der Waals surface area (Å²) in [6.45, 7) is 7.52. The monoisotopic (exact) mass is 218 g/mol. The zero-order valence-electron chi connectivity index (χ0n) is 10.4. The maximum absolute atomic E-state index is 6.05. The first-order valence-corrected chi connectivity index (χ1v) is 6.20. The Morgan fingerprint density at radius 1 is 1.25 bits per heavy atom.